The van der Waals surface area contributed by atoms with Crippen LogP contribution in [0, 0.1) is 24.0 Å². The van der Waals surface area contributed by atoms with E-state index in [1.807, 2.05) is 32.0 Å². The Labute approximate surface area is 190 Å². The molecule has 0 bridgehead atoms. The SMILES string of the molecule is Cc1cccc(C)c1N=C1NC(=O)/C(=C\c2ccc(-c3ccc([N+](=O)[O-])cc3Br)o2)S1. The van der Waals surface area contributed by atoms with Crippen LogP contribution in [0.3, 0.4) is 0 Å². The zero-order valence-corrected chi connectivity index (χ0v) is 18.9. The third-order valence-electron chi connectivity index (χ3n) is 4.63. The summed E-state index contributed by atoms with van der Waals surface area (Å²) in [5, 5.41) is 14.2. The maximum atomic E-state index is 12.4. The molecule has 1 fully saturated rings. The highest BCUT2D eigenvalue weighted by molar-refractivity contribution is 9.10. The maximum absolute atomic E-state index is 12.4. The minimum absolute atomic E-state index is 0.0146. The van der Waals surface area contributed by atoms with Crippen molar-refractivity contribution in [1.82, 2.24) is 5.32 Å². The van der Waals surface area contributed by atoms with Crippen molar-refractivity contribution in [3.05, 3.63) is 84.9 Å². The highest BCUT2D eigenvalue weighted by Gasteiger charge is 2.25. The fraction of sp³-hybridized carbons (Fsp3) is 0.0909. The summed E-state index contributed by atoms with van der Waals surface area (Å²) >= 11 is 4.59. The Morgan fingerprint density at radius 3 is 2.58 bits per heavy atom. The monoisotopic (exact) mass is 497 g/mol. The van der Waals surface area contributed by atoms with E-state index in [-0.39, 0.29) is 11.6 Å². The lowest BCUT2D eigenvalue weighted by atomic mass is 10.1. The molecular formula is C22H16BrN3O4S. The molecule has 0 spiro atoms. The Morgan fingerprint density at radius 2 is 1.90 bits per heavy atom. The summed E-state index contributed by atoms with van der Waals surface area (Å²) in [4.78, 5) is 27.9. The number of amidine groups is 1. The molecule has 0 aliphatic carbocycles. The number of amides is 1. The summed E-state index contributed by atoms with van der Waals surface area (Å²) in [6, 6.07) is 13.9. The van der Waals surface area contributed by atoms with Gasteiger partial charge in [0.25, 0.3) is 11.6 Å². The van der Waals surface area contributed by atoms with Gasteiger partial charge in [-0.05, 0) is 70.9 Å². The number of hydrogen-bond donors (Lipinski definition) is 1. The molecule has 156 valence electrons. The molecule has 1 aliphatic heterocycles. The third kappa shape index (κ3) is 4.47. The van der Waals surface area contributed by atoms with E-state index in [9.17, 15) is 14.9 Å². The van der Waals surface area contributed by atoms with Crippen molar-refractivity contribution in [2.75, 3.05) is 0 Å². The minimum Gasteiger partial charge on any atom is -0.457 e. The number of furan rings is 1. The Kier molecular flexibility index (Phi) is 5.79. The smallest absolute Gasteiger partial charge is 0.270 e. The number of carbonyl (C=O) groups is 1. The largest absolute Gasteiger partial charge is 0.457 e. The van der Waals surface area contributed by atoms with Gasteiger partial charge in [-0.25, -0.2) is 4.99 Å². The first-order valence-corrected chi connectivity index (χ1v) is 10.8. The topological polar surface area (TPSA) is 97.7 Å². The first-order chi connectivity index (χ1) is 14.8. The summed E-state index contributed by atoms with van der Waals surface area (Å²) in [7, 11) is 0. The van der Waals surface area contributed by atoms with Gasteiger partial charge in [0, 0.05) is 28.2 Å². The lowest BCUT2D eigenvalue weighted by molar-refractivity contribution is -0.384. The molecule has 1 saturated heterocycles. The van der Waals surface area contributed by atoms with E-state index < -0.39 is 4.92 Å². The first-order valence-electron chi connectivity index (χ1n) is 9.22. The number of rotatable bonds is 4. The van der Waals surface area contributed by atoms with E-state index in [1.165, 1.54) is 23.9 Å². The van der Waals surface area contributed by atoms with Gasteiger partial charge in [-0.3, -0.25) is 14.9 Å². The molecular weight excluding hydrogens is 482 g/mol. The Morgan fingerprint density at radius 1 is 1.16 bits per heavy atom. The highest BCUT2D eigenvalue weighted by atomic mass is 79.9. The van der Waals surface area contributed by atoms with Crippen LogP contribution in [0.15, 0.2) is 67.3 Å². The molecule has 7 nitrogen and oxygen atoms in total. The summed E-state index contributed by atoms with van der Waals surface area (Å²) in [5.74, 6) is 0.775. The molecule has 0 unspecified atom stereocenters. The van der Waals surface area contributed by atoms with Crippen LogP contribution in [0.4, 0.5) is 11.4 Å². The molecule has 1 aromatic heterocycles. The molecule has 2 heterocycles. The maximum Gasteiger partial charge on any atom is 0.270 e. The van der Waals surface area contributed by atoms with Crippen LogP contribution in [-0.2, 0) is 4.79 Å². The summed E-state index contributed by atoms with van der Waals surface area (Å²) in [6.07, 6.45) is 1.65. The molecule has 31 heavy (non-hydrogen) atoms. The second kappa shape index (κ2) is 8.52. The van der Waals surface area contributed by atoms with Crippen LogP contribution in [0.2, 0.25) is 0 Å². The van der Waals surface area contributed by atoms with Gasteiger partial charge in [0.2, 0.25) is 0 Å². The van der Waals surface area contributed by atoms with Gasteiger partial charge in [-0.15, -0.1) is 0 Å². The van der Waals surface area contributed by atoms with Crippen molar-refractivity contribution in [3.63, 3.8) is 0 Å². The van der Waals surface area contributed by atoms with Crippen LogP contribution in [0.5, 0.6) is 0 Å². The van der Waals surface area contributed by atoms with Gasteiger partial charge >= 0.3 is 0 Å². The normalized spacial score (nSPS) is 16.2. The number of nitro benzene ring substituents is 1. The Hall–Kier alpha value is -3.17. The first kappa shape index (κ1) is 21.1. The number of aliphatic imine (C=N–C) groups is 1. The van der Waals surface area contributed by atoms with Gasteiger partial charge in [0.1, 0.15) is 11.5 Å². The molecule has 1 amide bonds. The molecule has 2 aromatic carbocycles. The van der Waals surface area contributed by atoms with Crippen molar-refractivity contribution in [1.29, 1.82) is 0 Å². The number of para-hydroxylation sites is 1. The van der Waals surface area contributed by atoms with Crippen LogP contribution < -0.4 is 5.32 Å². The second-order valence-corrected chi connectivity index (χ2v) is 8.73. The molecule has 0 radical (unpaired) electrons. The fourth-order valence-electron chi connectivity index (χ4n) is 3.09. The van der Waals surface area contributed by atoms with Gasteiger partial charge in [-0.2, -0.15) is 0 Å². The van der Waals surface area contributed by atoms with E-state index >= 15 is 0 Å². The summed E-state index contributed by atoms with van der Waals surface area (Å²) < 4.78 is 6.39. The number of benzene rings is 2. The van der Waals surface area contributed by atoms with Crippen molar-refractivity contribution >= 4 is 56.2 Å². The quantitative estimate of drug-likeness (QED) is 0.265. The second-order valence-electron chi connectivity index (χ2n) is 6.85. The summed E-state index contributed by atoms with van der Waals surface area (Å²) in [6.45, 7) is 3.95. The van der Waals surface area contributed by atoms with Gasteiger partial charge < -0.3 is 9.73 Å². The zero-order chi connectivity index (χ0) is 22.1. The van der Waals surface area contributed by atoms with Gasteiger partial charge in [0.15, 0.2) is 5.17 Å². The number of nitrogens with one attached hydrogen (secondary N) is 1. The van der Waals surface area contributed by atoms with Crippen molar-refractivity contribution in [2.24, 2.45) is 4.99 Å². The van der Waals surface area contributed by atoms with Crippen molar-refractivity contribution in [3.8, 4) is 11.3 Å². The van der Waals surface area contributed by atoms with Gasteiger partial charge in [0.05, 0.1) is 15.5 Å². The number of hydrogen-bond acceptors (Lipinski definition) is 6. The van der Waals surface area contributed by atoms with E-state index in [0.717, 1.165) is 16.8 Å². The minimum atomic E-state index is -0.458. The fourth-order valence-corrected chi connectivity index (χ4v) is 4.46. The summed E-state index contributed by atoms with van der Waals surface area (Å²) in [5.41, 5.74) is 3.57. The Balaban J connectivity index is 1.58. The number of halogens is 1. The van der Waals surface area contributed by atoms with E-state index in [4.69, 9.17) is 4.42 Å². The van der Waals surface area contributed by atoms with E-state index in [0.29, 0.717) is 31.6 Å². The number of nitro groups is 1. The number of nitrogens with zero attached hydrogens (tertiary/aromatic N) is 2. The molecule has 9 heteroatoms. The molecule has 0 atom stereocenters. The number of aryl methyl sites for hydroxylation is 2. The number of carbonyl (C=O) groups excluding carboxylic acids is 1. The van der Waals surface area contributed by atoms with Crippen LogP contribution >= 0.6 is 27.7 Å². The average Bonchev–Trinajstić information content (AvgIpc) is 3.31. The van der Waals surface area contributed by atoms with Crippen molar-refractivity contribution in [2.45, 2.75) is 13.8 Å². The van der Waals surface area contributed by atoms with Gasteiger partial charge in [-0.1, -0.05) is 18.2 Å². The third-order valence-corrected chi connectivity index (χ3v) is 6.20. The Bertz CT molecular complexity index is 1260. The standard InChI is InChI=1S/C22H16BrN3O4S/c1-12-4-3-5-13(2)20(12)24-22-25-21(27)19(31-22)11-15-7-9-18(30-15)16-8-6-14(26(28)29)10-17(16)23/h3-11H,1-2H3,(H,24,25,27)/b19-11+. The van der Waals surface area contributed by atoms with E-state index in [1.54, 1.807) is 24.3 Å². The van der Waals surface area contributed by atoms with Crippen LogP contribution in [0.25, 0.3) is 17.4 Å². The lowest BCUT2D eigenvalue weighted by Crippen LogP contribution is -2.19. The predicted molar refractivity (Wildman–Crippen MR) is 125 cm³/mol. The van der Waals surface area contributed by atoms with E-state index in [2.05, 4.69) is 26.2 Å². The number of thioether (sulfide) groups is 1. The molecule has 0 saturated carbocycles. The molecule has 1 aliphatic rings. The number of non-ortho nitro benzene ring substituents is 1. The molecule has 1 N–H and O–H groups in total. The molecule has 4 rings (SSSR count). The van der Waals surface area contributed by atoms with Crippen LogP contribution in [-0.4, -0.2) is 16.0 Å². The predicted octanol–water partition coefficient (Wildman–Crippen LogP) is 6.13. The average molecular weight is 498 g/mol. The lowest BCUT2D eigenvalue weighted by Gasteiger charge is -2.04. The highest BCUT2D eigenvalue weighted by Crippen LogP contribution is 2.35. The zero-order valence-electron chi connectivity index (χ0n) is 16.5. The van der Waals surface area contributed by atoms with Crippen LogP contribution in [0.1, 0.15) is 16.9 Å². The van der Waals surface area contributed by atoms with Crippen molar-refractivity contribution < 1.29 is 14.1 Å². The molecule has 3 aromatic rings.